The van der Waals surface area contributed by atoms with E-state index in [2.05, 4.69) is 28.4 Å². The maximum atomic E-state index is 13.7. The lowest BCUT2D eigenvalue weighted by atomic mass is 9.81. The van der Waals surface area contributed by atoms with Gasteiger partial charge in [-0.15, -0.1) is 0 Å². The van der Waals surface area contributed by atoms with E-state index in [1.54, 1.807) is 24.3 Å². The number of nitrogens with zero attached hydrogens (tertiary/aromatic N) is 2. The summed E-state index contributed by atoms with van der Waals surface area (Å²) in [6, 6.07) is 12.2. The maximum absolute atomic E-state index is 13.7. The highest BCUT2D eigenvalue weighted by Gasteiger charge is 2.45. The van der Waals surface area contributed by atoms with Gasteiger partial charge in [0.2, 0.25) is 15.9 Å². The van der Waals surface area contributed by atoms with Gasteiger partial charge in [0, 0.05) is 19.5 Å². The average molecular weight is 566 g/mol. The van der Waals surface area contributed by atoms with Crippen LogP contribution in [-0.4, -0.2) is 55.0 Å². The quantitative estimate of drug-likeness (QED) is 0.515. The molecule has 7 nitrogen and oxygen atoms in total. The fourth-order valence-electron chi connectivity index (χ4n) is 6.57. The van der Waals surface area contributed by atoms with Crippen LogP contribution in [0.15, 0.2) is 47.4 Å². The normalized spacial score (nSPS) is 23.9. The molecular weight excluding hydrogens is 522 g/mol. The summed E-state index contributed by atoms with van der Waals surface area (Å²) < 4.78 is 28.6. The van der Waals surface area contributed by atoms with Gasteiger partial charge >= 0.3 is 0 Å². The number of fused-ring (bicyclic) bond motifs is 1. The standard InChI is InChI=1S/C32H43N3O4S/c1-23-10-13-26(14-11-23)40(38,39)35-22-32(2,3)20-30(36)29(35)19-31(37)33-28-9-7-8-25-18-24(12-15-27(25)28)21-34-16-5-4-6-17-34/h10-15,18,28-29H,4-9,16-17,19-22H2,1-3H3,(H,33,37)/t28-,29?/m1/s1. The van der Waals surface area contributed by atoms with Crippen molar-refractivity contribution in [3.8, 4) is 0 Å². The number of piperidine rings is 2. The molecular formula is C32H43N3O4S. The van der Waals surface area contributed by atoms with Gasteiger partial charge in [-0.2, -0.15) is 4.31 Å². The summed E-state index contributed by atoms with van der Waals surface area (Å²) in [5.41, 5.74) is 4.19. The smallest absolute Gasteiger partial charge is 0.243 e. The summed E-state index contributed by atoms with van der Waals surface area (Å²) in [7, 11) is -3.95. The first kappa shape index (κ1) is 29.0. The third kappa shape index (κ3) is 6.50. The SMILES string of the molecule is Cc1ccc(S(=O)(=O)N2CC(C)(C)CC(=O)C2CC(=O)N[C@@H]2CCCc3cc(CN4CCCCC4)ccc32)cc1. The predicted molar refractivity (Wildman–Crippen MR) is 156 cm³/mol. The van der Waals surface area contributed by atoms with E-state index in [1.165, 1.54) is 34.7 Å². The number of hydrogen-bond acceptors (Lipinski definition) is 5. The molecule has 5 rings (SSSR count). The fraction of sp³-hybridized carbons (Fsp3) is 0.562. The van der Waals surface area contributed by atoms with E-state index in [0.717, 1.165) is 50.0 Å². The van der Waals surface area contributed by atoms with Crippen LogP contribution in [-0.2, 0) is 32.6 Å². The van der Waals surface area contributed by atoms with Crippen LogP contribution in [0.1, 0.15) is 87.1 Å². The second-order valence-corrected chi connectivity index (χ2v) is 14.7. The van der Waals surface area contributed by atoms with Crippen molar-refractivity contribution in [2.24, 2.45) is 5.41 Å². The van der Waals surface area contributed by atoms with Crippen molar-refractivity contribution in [1.29, 1.82) is 0 Å². The molecule has 0 spiro atoms. The van der Waals surface area contributed by atoms with Crippen LogP contribution in [0.25, 0.3) is 0 Å². The van der Waals surface area contributed by atoms with Crippen molar-refractivity contribution >= 4 is 21.7 Å². The largest absolute Gasteiger partial charge is 0.349 e. The molecule has 40 heavy (non-hydrogen) atoms. The van der Waals surface area contributed by atoms with E-state index in [1.807, 2.05) is 20.8 Å². The first-order valence-corrected chi connectivity index (χ1v) is 16.2. The summed E-state index contributed by atoms with van der Waals surface area (Å²) in [5, 5.41) is 3.16. The van der Waals surface area contributed by atoms with Gasteiger partial charge in [-0.05, 0) is 86.4 Å². The topological polar surface area (TPSA) is 86.8 Å². The Morgan fingerprint density at radius 3 is 2.48 bits per heavy atom. The van der Waals surface area contributed by atoms with Gasteiger partial charge in [-0.1, -0.05) is 56.2 Å². The zero-order valence-electron chi connectivity index (χ0n) is 24.1. The zero-order valence-corrected chi connectivity index (χ0v) is 24.9. The number of rotatable bonds is 7. The molecule has 2 aromatic rings. The number of sulfonamides is 1. The van der Waals surface area contributed by atoms with Gasteiger partial charge in [0.05, 0.1) is 23.4 Å². The van der Waals surface area contributed by atoms with Crippen LogP contribution < -0.4 is 5.32 Å². The molecule has 2 aromatic carbocycles. The Morgan fingerprint density at radius 1 is 1.02 bits per heavy atom. The van der Waals surface area contributed by atoms with E-state index in [0.29, 0.717) is 0 Å². The molecule has 0 radical (unpaired) electrons. The Hall–Kier alpha value is -2.55. The third-order valence-corrected chi connectivity index (χ3v) is 10.5. The van der Waals surface area contributed by atoms with Gasteiger partial charge in [0.1, 0.15) is 0 Å². The van der Waals surface area contributed by atoms with E-state index in [9.17, 15) is 18.0 Å². The molecule has 1 amide bonds. The Balaban J connectivity index is 1.31. The molecule has 0 bridgehead atoms. The second kappa shape index (κ2) is 11.7. The third-order valence-electron chi connectivity index (χ3n) is 8.67. The van der Waals surface area contributed by atoms with Gasteiger partial charge in [-0.3, -0.25) is 14.5 Å². The first-order chi connectivity index (χ1) is 19.0. The van der Waals surface area contributed by atoms with Gasteiger partial charge in [0.15, 0.2) is 5.78 Å². The number of carbonyl (C=O) groups excluding carboxylic acids is 2. The van der Waals surface area contributed by atoms with Crippen LogP contribution in [0.2, 0.25) is 0 Å². The first-order valence-electron chi connectivity index (χ1n) is 14.8. The van der Waals surface area contributed by atoms with Crippen molar-refractivity contribution < 1.29 is 18.0 Å². The van der Waals surface area contributed by atoms with Gasteiger partial charge in [-0.25, -0.2) is 8.42 Å². The number of carbonyl (C=O) groups is 2. The van der Waals surface area contributed by atoms with Crippen LogP contribution in [0.3, 0.4) is 0 Å². The van der Waals surface area contributed by atoms with Crippen LogP contribution in [0.5, 0.6) is 0 Å². The molecule has 0 saturated carbocycles. The molecule has 2 atom stereocenters. The van der Waals surface area contributed by atoms with Crippen molar-refractivity contribution in [2.75, 3.05) is 19.6 Å². The number of nitrogens with one attached hydrogen (secondary N) is 1. The molecule has 216 valence electrons. The van der Waals surface area contributed by atoms with E-state index >= 15 is 0 Å². The summed E-state index contributed by atoms with van der Waals surface area (Å²) in [6.07, 6.45) is 6.75. The van der Waals surface area contributed by atoms with Crippen LogP contribution >= 0.6 is 0 Å². The predicted octanol–water partition coefficient (Wildman–Crippen LogP) is 4.92. The molecule has 2 fully saturated rings. The Morgan fingerprint density at radius 2 is 1.75 bits per heavy atom. The zero-order chi connectivity index (χ0) is 28.5. The number of likely N-dealkylation sites (tertiary alicyclic amines) is 1. The molecule has 1 unspecified atom stereocenters. The Labute approximate surface area is 239 Å². The van der Waals surface area contributed by atoms with Crippen molar-refractivity contribution in [3.63, 3.8) is 0 Å². The summed E-state index contributed by atoms with van der Waals surface area (Å²) in [4.78, 5) is 29.3. The lowest BCUT2D eigenvalue weighted by molar-refractivity contribution is -0.133. The van der Waals surface area contributed by atoms with Gasteiger partial charge in [0.25, 0.3) is 0 Å². The highest BCUT2D eigenvalue weighted by molar-refractivity contribution is 7.89. The number of benzene rings is 2. The van der Waals surface area contributed by atoms with Crippen molar-refractivity contribution in [2.45, 2.75) is 95.7 Å². The molecule has 2 saturated heterocycles. The molecule has 8 heteroatoms. The van der Waals surface area contributed by atoms with Crippen LogP contribution in [0.4, 0.5) is 0 Å². The minimum Gasteiger partial charge on any atom is -0.349 e. The minimum absolute atomic E-state index is 0.127. The van der Waals surface area contributed by atoms with Crippen molar-refractivity contribution in [1.82, 2.24) is 14.5 Å². The molecule has 0 aromatic heterocycles. The van der Waals surface area contributed by atoms with E-state index in [4.69, 9.17) is 0 Å². The molecule has 3 aliphatic rings. The highest BCUT2D eigenvalue weighted by atomic mass is 32.2. The molecule has 1 N–H and O–H groups in total. The highest BCUT2D eigenvalue weighted by Crippen LogP contribution is 2.36. The number of aryl methyl sites for hydroxylation is 2. The minimum atomic E-state index is -3.95. The summed E-state index contributed by atoms with van der Waals surface area (Å²) in [6.45, 7) is 9.17. The lowest BCUT2D eigenvalue weighted by Crippen LogP contribution is -2.55. The lowest BCUT2D eigenvalue weighted by Gasteiger charge is -2.41. The average Bonchev–Trinajstić information content (AvgIpc) is 2.90. The van der Waals surface area contributed by atoms with Gasteiger partial charge < -0.3 is 5.32 Å². The maximum Gasteiger partial charge on any atom is 0.243 e. The molecule has 2 aliphatic heterocycles. The van der Waals surface area contributed by atoms with E-state index in [-0.39, 0.29) is 42.0 Å². The fourth-order valence-corrected chi connectivity index (χ4v) is 8.37. The van der Waals surface area contributed by atoms with Crippen LogP contribution in [0, 0.1) is 12.3 Å². The summed E-state index contributed by atoms with van der Waals surface area (Å²) in [5.74, 6) is -0.481. The monoisotopic (exact) mass is 565 g/mol. The second-order valence-electron chi connectivity index (χ2n) is 12.8. The Kier molecular flexibility index (Phi) is 8.50. The molecule has 2 heterocycles. The number of hydrogen-bond donors (Lipinski definition) is 1. The number of ketones is 1. The molecule has 1 aliphatic carbocycles. The number of amides is 1. The number of Topliss-reactive ketones (excluding diaryl/α,β-unsaturated/α-hetero) is 1. The van der Waals surface area contributed by atoms with E-state index < -0.39 is 21.5 Å². The Bertz CT molecular complexity index is 1350. The van der Waals surface area contributed by atoms with Crippen molar-refractivity contribution in [3.05, 3.63) is 64.7 Å². The summed E-state index contributed by atoms with van der Waals surface area (Å²) >= 11 is 0.